The van der Waals surface area contributed by atoms with Gasteiger partial charge in [-0.15, -0.1) is 0 Å². The maximum absolute atomic E-state index is 11.6. The Balaban J connectivity index is 1.48. The van der Waals surface area contributed by atoms with Crippen molar-refractivity contribution in [1.82, 2.24) is 14.8 Å². The van der Waals surface area contributed by atoms with Crippen LogP contribution in [0.5, 0.6) is 0 Å². The van der Waals surface area contributed by atoms with E-state index in [1.54, 1.807) is 10.9 Å². The fourth-order valence-corrected chi connectivity index (χ4v) is 5.51. The van der Waals surface area contributed by atoms with Crippen molar-refractivity contribution in [2.45, 2.75) is 51.2 Å². The third-order valence-electron chi connectivity index (χ3n) is 7.12. The number of aliphatic hydroxyl groups excluding tert-OH is 1. The lowest BCUT2D eigenvalue weighted by Crippen LogP contribution is -2.23. The molecule has 1 aliphatic carbocycles. The number of fused-ring (bicyclic) bond motifs is 2. The smallest absolute Gasteiger partial charge is 0.177 e. The van der Waals surface area contributed by atoms with Crippen LogP contribution in [0.25, 0.3) is 27.7 Å². The number of allylic oxidation sites excluding steroid dienone is 1. The summed E-state index contributed by atoms with van der Waals surface area (Å²) in [5.74, 6) is 1.40. The molecule has 0 spiro atoms. The predicted octanol–water partition coefficient (Wildman–Crippen LogP) is 6.49. The molecule has 2 N–H and O–H groups in total. The zero-order chi connectivity index (χ0) is 22.4. The van der Waals surface area contributed by atoms with Gasteiger partial charge >= 0.3 is 0 Å². The SMILES string of the molecule is CC1=C(c2ccc3ncccc3c2)C(O)n2nc(-c3ccccc3)c(C3CCCCC3)c2N1. The van der Waals surface area contributed by atoms with Gasteiger partial charge in [-0.2, -0.15) is 5.10 Å². The molecular weight excluding hydrogens is 408 g/mol. The number of hydrogen-bond acceptors (Lipinski definition) is 4. The van der Waals surface area contributed by atoms with Gasteiger partial charge in [-0.1, -0.05) is 61.7 Å². The molecule has 2 aliphatic rings. The molecule has 5 nitrogen and oxygen atoms in total. The van der Waals surface area contributed by atoms with Crippen molar-refractivity contribution in [3.8, 4) is 11.3 Å². The van der Waals surface area contributed by atoms with E-state index >= 15 is 0 Å². The van der Waals surface area contributed by atoms with E-state index < -0.39 is 6.23 Å². The summed E-state index contributed by atoms with van der Waals surface area (Å²) in [6.07, 6.45) is 7.09. The first-order valence-electron chi connectivity index (χ1n) is 11.9. The highest BCUT2D eigenvalue weighted by Crippen LogP contribution is 2.46. The van der Waals surface area contributed by atoms with Gasteiger partial charge in [-0.25, -0.2) is 4.68 Å². The molecule has 2 aromatic carbocycles. The van der Waals surface area contributed by atoms with E-state index in [1.807, 2.05) is 24.3 Å². The molecule has 1 fully saturated rings. The largest absolute Gasteiger partial charge is 0.368 e. The number of anilines is 1. The fraction of sp³-hybridized carbons (Fsp3) is 0.286. The van der Waals surface area contributed by atoms with Gasteiger partial charge in [-0.05, 0) is 49.4 Å². The Hall–Kier alpha value is -3.44. The predicted molar refractivity (Wildman–Crippen MR) is 133 cm³/mol. The van der Waals surface area contributed by atoms with E-state index in [9.17, 15) is 5.11 Å². The minimum Gasteiger partial charge on any atom is -0.368 e. The van der Waals surface area contributed by atoms with Crippen LogP contribution in [-0.2, 0) is 0 Å². The third kappa shape index (κ3) is 3.44. The van der Waals surface area contributed by atoms with Gasteiger partial charge in [0, 0.05) is 34.0 Å². The minimum absolute atomic E-state index is 0.457. The Morgan fingerprint density at radius 1 is 0.939 bits per heavy atom. The molecule has 33 heavy (non-hydrogen) atoms. The summed E-state index contributed by atoms with van der Waals surface area (Å²) in [6, 6.07) is 20.5. The first-order valence-corrected chi connectivity index (χ1v) is 11.9. The second-order valence-corrected chi connectivity index (χ2v) is 9.20. The van der Waals surface area contributed by atoms with E-state index in [1.165, 1.54) is 37.7 Å². The van der Waals surface area contributed by atoms with Crippen LogP contribution in [0.3, 0.4) is 0 Å². The number of pyridine rings is 1. The van der Waals surface area contributed by atoms with Crippen LogP contribution in [0, 0.1) is 0 Å². The van der Waals surface area contributed by atoms with E-state index in [-0.39, 0.29) is 0 Å². The molecule has 0 bridgehead atoms. The van der Waals surface area contributed by atoms with Gasteiger partial charge in [-0.3, -0.25) is 4.98 Å². The molecular formula is C28H28N4O. The van der Waals surface area contributed by atoms with E-state index in [2.05, 4.69) is 53.6 Å². The lowest BCUT2D eigenvalue weighted by Gasteiger charge is -2.29. The summed E-state index contributed by atoms with van der Waals surface area (Å²) in [4.78, 5) is 4.43. The molecule has 2 aromatic heterocycles. The molecule has 1 atom stereocenters. The quantitative estimate of drug-likeness (QED) is 0.385. The van der Waals surface area contributed by atoms with Crippen LogP contribution >= 0.6 is 0 Å². The summed E-state index contributed by atoms with van der Waals surface area (Å²) in [5.41, 5.74) is 7.09. The normalized spacial score (nSPS) is 18.9. The lowest BCUT2D eigenvalue weighted by atomic mass is 9.82. The van der Waals surface area contributed by atoms with Gasteiger partial charge in [0.15, 0.2) is 6.23 Å². The highest BCUT2D eigenvalue weighted by atomic mass is 16.3. The van der Waals surface area contributed by atoms with Crippen molar-refractivity contribution < 1.29 is 5.11 Å². The zero-order valence-electron chi connectivity index (χ0n) is 18.8. The minimum atomic E-state index is -0.852. The number of hydrogen-bond donors (Lipinski definition) is 2. The average molecular weight is 437 g/mol. The van der Waals surface area contributed by atoms with E-state index in [0.717, 1.165) is 44.8 Å². The monoisotopic (exact) mass is 436 g/mol. The van der Waals surface area contributed by atoms with Gasteiger partial charge < -0.3 is 10.4 Å². The summed E-state index contributed by atoms with van der Waals surface area (Å²) in [7, 11) is 0. The van der Waals surface area contributed by atoms with Crippen molar-refractivity contribution in [2.24, 2.45) is 0 Å². The second kappa shape index (κ2) is 8.16. The van der Waals surface area contributed by atoms with E-state index in [4.69, 9.17) is 5.10 Å². The highest BCUT2D eigenvalue weighted by molar-refractivity contribution is 5.86. The van der Waals surface area contributed by atoms with Crippen LogP contribution in [-0.4, -0.2) is 19.9 Å². The zero-order valence-corrected chi connectivity index (χ0v) is 18.8. The summed E-state index contributed by atoms with van der Waals surface area (Å²) in [6.45, 7) is 2.05. The highest BCUT2D eigenvalue weighted by Gasteiger charge is 2.34. The molecule has 0 saturated heterocycles. The lowest BCUT2D eigenvalue weighted by molar-refractivity contribution is 0.150. The van der Waals surface area contributed by atoms with Crippen molar-refractivity contribution in [1.29, 1.82) is 0 Å². The maximum Gasteiger partial charge on any atom is 0.177 e. The third-order valence-corrected chi connectivity index (χ3v) is 7.12. The van der Waals surface area contributed by atoms with Crippen molar-refractivity contribution in [3.05, 3.63) is 83.7 Å². The Bertz CT molecular complexity index is 1350. The van der Waals surface area contributed by atoms with Gasteiger partial charge in [0.25, 0.3) is 0 Å². The molecule has 4 aromatic rings. The average Bonchev–Trinajstić information content (AvgIpc) is 3.24. The number of nitrogens with zero attached hydrogens (tertiary/aromatic N) is 3. The second-order valence-electron chi connectivity index (χ2n) is 9.20. The first-order chi connectivity index (χ1) is 16.2. The molecule has 6 rings (SSSR count). The topological polar surface area (TPSA) is 63.0 Å². The Labute approximate surface area is 193 Å². The van der Waals surface area contributed by atoms with Gasteiger partial charge in [0.05, 0.1) is 11.2 Å². The molecule has 0 amide bonds. The van der Waals surface area contributed by atoms with Gasteiger partial charge in [0.1, 0.15) is 5.82 Å². The van der Waals surface area contributed by atoms with Crippen LogP contribution in [0.2, 0.25) is 0 Å². The maximum atomic E-state index is 11.6. The molecule has 0 radical (unpaired) electrons. The van der Waals surface area contributed by atoms with Crippen molar-refractivity contribution >= 4 is 22.3 Å². The van der Waals surface area contributed by atoms with E-state index in [0.29, 0.717) is 5.92 Å². The molecule has 166 valence electrons. The number of rotatable bonds is 3. The summed E-state index contributed by atoms with van der Waals surface area (Å²) < 4.78 is 1.79. The Morgan fingerprint density at radius 2 is 1.76 bits per heavy atom. The molecule has 1 aliphatic heterocycles. The molecule has 3 heterocycles. The fourth-order valence-electron chi connectivity index (χ4n) is 5.51. The first kappa shape index (κ1) is 20.2. The Morgan fingerprint density at radius 3 is 2.58 bits per heavy atom. The van der Waals surface area contributed by atoms with Gasteiger partial charge in [0.2, 0.25) is 0 Å². The summed E-state index contributed by atoms with van der Waals surface area (Å²) >= 11 is 0. The van der Waals surface area contributed by atoms with Crippen LogP contribution in [0.15, 0.2) is 72.6 Å². The Kier molecular flexibility index (Phi) is 4.99. The molecule has 1 saturated carbocycles. The summed E-state index contributed by atoms with van der Waals surface area (Å²) in [5, 5.41) is 21.3. The van der Waals surface area contributed by atoms with Crippen LogP contribution < -0.4 is 5.32 Å². The standard InChI is InChI=1S/C28H28N4O/c1-18-24(22-14-15-23-21(17-22)13-8-16-29-23)28(33)32-27(30-18)25(19-9-4-2-5-10-19)26(31-32)20-11-6-3-7-12-20/h3,6-8,11-17,19,28,30,33H,2,4-5,9-10H2,1H3. The number of aromatic nitrogens is 3. The van der Waals surface area contributed by atoms with Crippen LogP contribution in [0.1, 0.15) is 62.3 Å². The van der Waals surface area contributed by atoms with Crippen molar-refractivity contribution in [2.75, 3.05) is 5.32 Å². The van der Waals surface area contributed by atoms with Crippen molar-refractivity contribution in [3.63, 3.8) is 0 Å². The molecule has 1 unspecified atom stereocenters. The molecule has 5 heteroatoms. The number of benzene rings is 2. The van der Waals surface area contributed by atoms with Crippen LogP contribution in [0.4, 0.5) is 5.82 Å². The number of aliphatic hydroxyl groups is 1. The number of nitrogens with one attached hydrogen (secondary N) is 1.